The largest absolute Gasteiger partial charge is 0.433 e. The lowest BCUT2D eigenvalue weighted by Crippen LogP contribution is -2.11. The number of hydrogen-bond acceptors (Lipinski definition) is 2. The van der Waals surface area contributed by atoms with E-state index in [4.69, 9.17) is 11.6 Å². The van der Waals surface area contributed by atoms with Gasteiger partial charge in [0.05, 0.1) is 6.10 Å². The first-order chi connectivity index (χ1) is 9.88. The first kappa shape index (κ1) is 16.6. The molecule has 1 aliphatic rings. The average Bonchev–Trinajstić information content (AvgIpc) is 2.45. The third-order valence-electron chi connectivity index (χ3n) is 4.10. The molecule has 1 fully saturated rings. The molecular formula is C15H19ClF3NO. The van der Waals surface area contributed by atoms with E-state index in [2.05, 4.69) is 4.98 Å². The Balaban J connectivity index is 1.97. The summed E-state index contributed by atoms with van der Waals surface area (Å²) in [7, 11) is 0. The Hall–Kier alpha value is -0.810. The van der Waals surface area contributed by atoms with Crippen molar-refractivity contribution in [2.45, 2.75) is 57.2 Å². The minimum Gasteiger partial charge on any atom is -0.388 e. The third kappa shape index (κ3) is 4.58. The van der Waals surface area contributed by atoms with E-state index in [0.717, 1.165) is 12.5 Å². The normalized spacial score (nSPS) is 18.7. The number of halogens is 4. The molecule has 2 rings (SSSR count). The topological polar surface area (TPSA) is 33.1 Å². The van der Waals surface area contributed by atoms with E-state index in [1.807, 2.05) is 0 Å². The van der Waals surface area contributed by atoms with Gasteiger partial charge in [0, 0.05) is 5.56 Å². The lowest BCUT2D eigenvalue weighted by molar-refractivity contribution is -0.141. The molecule has 1 aromatic heterocycles. The molecule has 0 aromatic carbocycles. The van der Waals surface area contributed by atoms with E-state index in [-0.39, 0.29) is 10.7 Å². The Morgan fingerprint density at radius 3 is 2.48 bits per heavy atom. The van der Waals surface area contributed by atoms with Gasteiger partial charge in [-0.15, -0.1) is 0 Å². The number of nitrogens with zero attached hydrogens (tertiary/aromatic N) is 1. The van der Waals surface area contributed by atoms with Crippen LogP contribution in [0, 0.1) is 5.92 Å². The minimum absolute atomic E-state index is 0.263. The van der Waals surface area contributed by atoms with Crippen molar-refractivity contribution in [1.29, 1.82) is 0 Å². The summed E-state index contributed by atoms with van der Waals surface area (Å²) in [5.74, 6) is 0.606. The summed E-state index contributed by atoms with van der Waals surface area (Å²) >= 11 is 5.78. The zero-order valence-corrected chi connectivity index (χ0v) is 12.4. The third-order valence-corrected chi connectivity index (χ3v) is 4.40. The Morgan fingerprint density at radius 2 is 1.90 bits per heavy atom. The van der Waals surface area contributed by atoms with Crippen LogP contribution < -0.4 is 0 Å². The van der Waals surface area contributed by atoms with Gasteiger partial charge in [-0.05, 0) is 24.8 Å². The van der Waals surface area contributed by atoms with E-state index in [9.17, 15) is 18.3 Å². The van der Waals surface area contributed by atoms with Crippen molar-refractivity contribution in [3.63, 3.8) is 0 Å². The average molecular weight is 322 g/mol. The fraction of sp³-hybridized carbons (Fsp3) is 0.667. The Morgan fingerprint density at radius 1 is 1.24 bits per heavy atom. The van der Waals surface area contributed by atoms with Crippen molar-refractivity contribution in [1.82, 2.24) is 4.98 Å². The van der Waals surface area contributed by atoms with Gasteiger partial charge in [0.15, 0.2) is 0 Å². The number of pyridine rings is 1. The second kappa shape index (κ2) is 6.97. The molecule has 6 heteroatoms. The van der Waals surface area contributed by atoms with Gasteiger partial charge in [-0.1, -0.05) is 49.8 Å². The lowest BCUT2D eigenvalue weighted by Gasteiger charge is -2.23. The summed E-state index contributed by atoms with van der Waals surface area (Å²) in [4.78, 5) is 3.34. The molecule has 1 N–H and O–H groups in total. The van der Waals surface area contributed by atoms with Crippen LogP contribution in [0.5, 0.6) is 0 Å². The highest BCUT2D eigenvalue weighted by Crippen LogP contribution is 2.34. The highest BCUT2D eigenvalue weighted by atomic mass is 35.5. The number of aromatic nitrogens is 1. The Labute approximate surface area is 127 Å². The summed E-state index contributed by atoms with van der Waals surface area (Å²) < 4.78 is 37.5. The molecule has 0 aliphatic heterocycles. The van der Waals surface area contributed by atoms with Gasteiger partial charge in [-0.3, -0.25) is 0 Å². The summed E-state index contributed by atoms with van der Waals surface area (Å²) in [6.45, 7) is 0. The molecule has 0 radical (unpaired) electrons. The first-order valence-electron chi connectivity index (χ1n) is 7.29. The van der Waals surface area contributed by atoms with Gasteiger partial charge < -0.3 is 5.11 Å². The van der Waals surface area contributed by atoms with Crippen molar-refractivity contribution in [2.24, 2.45) is 5.92 Å². The summed E-state index contributed by atoms with van der Waals surface area (Å²) in [5.41, 5.74) is -0.754. The van der Waals surface area contributed by atoms with Crippen LogP contribution in [-0.4, -0.2) is 10.1 Å². The fourth-order valence-corrected chi connectivity index (χ4v) is 3.16. The molecule has 1 heterocycles. The van der Waals surface area contributed by atoms with Crippen LogP contribution in [0.3, 0.4) is 0 Å². The van der Waals surface area contributed by atoms with E-state index in [1.165, 1.54) is 38.2 Å². The van der Waals surface area contributed by atoms with Gasteiger partial charge in [0.2, 0.25) is 0 Å². The molecule has 0 amide bonds. The van der Waals surface area contributed by atoms with Crippen LogP contribution in [0.25, 0.3) is 0 Å². The molecule has 1 atom stereocenters. The van der Waals surface area contributed by atoms with E-state index < -0.39 is 18.0 Å². The van der Waals surface area contributed by atoms with E-state index in [1.54, 1.807) is 0 Å². The zero-order valence-electron chi connectivity index (χ0n) is 11.7. The second-order valence-electron chi connectivity index (χ2n) is 5.67. The second-order valence-corrected chi connectivity index (χ2v) is 6.03. The first-order valence-corrected chi connectivity index (χ1v) is 7.67. The molecule has 0 bridgehead atoms. The van der Waals surface area contributed by atoms with Gasteiger partial charge in [0.1, 0.15) is 10.8 Å². The number of hydrogen-bond donors (Lipinski definition) is 1. The molecule has 1 aromatic rings. The van der Waals surface area contributed by atoms with E-state index >= 15 is 0 Å². The van der Waals surface area contributed by atoms with Crippen molar-refractivity contribution in [2.75, 3.05) is 0 Å². The standard InChI is InChI=1S/C15H19ClF3NO/c16-14-11(7-9-13(20-14)15(17,18)19)12(21)8-6-10-4-2-1-3-5-10/h7,9-10,12,21H,1-6,8H2. The number of aliphatic hydroxyl groups excluding tert-OH is 1. The number of aliphatic hydroxyl groups is 1. The molecule has 2 nitrogen and oxygen atoms in total. The molecule has 21 heavy (non-hydrogen) atoms. The van der Waals surface area contributed by atoms with Crippen molar-refractivity contribution < 1.29 is 18.3 Å². The van der Waals surface area contributed by atoms with Gasteiger partial charge in [0.25, 0.3) is 0 Å². The zero-order chi connectivity index (χ0) is 15.5. The SMILES string of the molecule is OC(CCC1CCCCC1)c1ccc(C(F)(F)F)nc1Cl. The summed E-state index contributed by atoms with van der Waals surface area (Å²) in [5, 5.41) is 9.86. The Bertz CT molecular complexity index is 472. The van der Waals surface area contributed by atoms with Crippen LogP contribution in [0.2, 0.25) is 5.15 Å². The maximum absolute atomic E-state index is 12.5. The summed E-state index contributed by atoms with van der Waals surface area (Å²) in [6, 6.07) is 2.09. The van der Waals surface area contributed by atoms with Crippen LogP contribution in [0.15, 0.2) is 12.1 Å². The smallest absolute Gasteiger partial charge is 0.388 e. The van der Waals surface area contributed by atoms with Crippen LogP contribution in [0.1, 0.15) is 62.3 Å². The number of alkyl halides is 3. The molecule has 1 saturated carbocycles. The van der Waals surface area contributed by atoms with Crippen LogP contribution in [0.4, 0.5) is 13.2 Å². The molecule has 118 valence electrons. The fourth-order valence-electron chi connectivity index (χ4n) is 2.88. The maximum atomic E-state index is 12.5. The van der Waals surface area contributed by atoms with Gasteiger partial charge in [-0.2, -0.15) is 13.2 Å². The molecular weight excluding hydrogens is 303 g/mol. The maximum Gasteiger partial charge on any atom is 0.433 e. The van der Waals surface area contributed by atoms with Crippen molar-refractivity contribution in [3.05, 3.63) is 28.5 Å². The predicted molar refractivity (Wildman–Crippen MR) is 75.0 cm³/mol. The van der Waals surface area contributed by atoms with Crippen molar-refractivity contribution in [3.8, 4) is 0 Å². The minimum atomic E-state index is -4.52. The molecule has 1 aliphatic carbocycles. The van der Waals surface area contributed by atoms with Crippen molar-refractivity contribution >= 4 is 11.6 Å². The highest BCUT2D eigenvalue weighted by Gasteiger charge is 2.33. The quantitative estimate of drug-likeness (QED) is 0.778. The lowest BCUT2D eigenvalue weighted by atomic mass is 9.85. The van der Waals surface area contributed by atoms with Crippen LogP contribution in [-0.2, 0) is 6.18 Å². The number of rotatable bonds is 4. The molecule has 0 saturated heterocycles. The van der Waals surface area contributed by atoms with Gasteiger partial charge in [-0.25, -0.2) is 4.98 Å². The predicted octanol–water partition coefficient (Wildman–Crippen LogP) is 5.15. The van der Waals surface area contributed by atoms with E-state index in [0.29, 0.717) is 12.3 Å². The van der Waals surface area contributed by atoms with Gasteiger partial charge >= 0.3 is 6.18 Å². The highest BCUT2D eigenvalue weighted by molar-refractivity contribution is 6.30. The van der Waals surface area contributed by atoms with Crippen LogP contribution >= 0.6 is 11.6 Å². The summed E-state index contributed by atoms with van der Waals surface area (Å²) in [6.07, 6.45) is 2.08. The molecule has 1 unspecified atom stereocenters. The Kier molecular flexibility index (Phi) is 5.49. The molecule has 0 spiro atoms. The monoisotopic (exact) mass is 321 g/mol.